The van der Waals surface area contributed by atoms with Crippen LogP contribution in [0.3, 0.4) is 0 Å². The Bertz CT molecular complexity index is 245. The van der Waals surface area contributed by atoms with Crippen LogP contribution in [-0.2, 0) is 0 Å². The van der Waals surface area contributed by atoms with Gasteiger partial charge < -0.3 is 10.1 Å². The third-order valence-corrected chi connectivity index (χ3v) is 1.37. The van der Waals surface area contributed by atoms with E-state index in [1.165, 1.54) is 6.26 Å². The Labute approximate surface area is 66.5 Å². The molecule has 1 aromatic carbocycles. The quantitative estimate of drug-likeness (QED) is 0.665. The van der Waals surface area contributed by atoms with Crippen LogP contribution in [0.15, 0.2) is 37.1 Å². The van der Waals surface area contributed by atoms with Crippen molar-refractivity contribution >= 4 is 5.69 Å². The van der Waals surface area contributed by atoms with Gasteiger partial charge in [-0.2, -0.15) is 0 Å². The summed E-state index contributed by atoms with van der Waals surface area (Å²) in [4.78, 5) is 0. The molecule has 0 radical (unpaired) electrons. The first kappa shape index (κ1) is 7.66. The largest absolute Gasteiger partial charge is 0.463 e. The molecule has 0 fully saturated rings. The van der Waals surface area contributed by atoms with Crippen molar-refractivity contribution in [2.75, 3.05) is 12.4 Å². The van der Waals surface area contributed by atoms with E-state index in [1.54, 1.807) is 0 Å². The molecule has 0 aliphatic rings. The number of hydrogen-bond donors (Lipinski definition) is 1. The van der Waals surface area contributed by atoms with Crippen LogP contribution in [0.25, 0.3) is 0 Å². The molecule has 1 aromatic rings. The van der Waals surface area contributed by atoms with E-state index in [4.69, 9.17) is 4.74 Å². The summed E-state index contributed by atoms with van der Waals surface area (Å²) in [7, 11) is 1.85. The molecule has 11 heavy (non-hydrogen) atoms. The van der Waals surface area contributed by atoms with Gasteiger partial charge in [-0.25, -0.2) is 0 Å². The molecule has 0 bridgehead atoms. The predicted molar refractivity (Wildman–Crippen MR) is 46.8 cm³/mol. The summed E-state index contributed by atoms with van der Waals surface area (Å²) in [6.07, 6.45) is 1.41. The van der Waals surface area contributed by atoms with Gasteiger partial charge in [-0.3, -0.25) is 0 Å². The van der Waals surface area contributed by atoms with Gasteiger partial charge in [0, 0.05) is 7.05 Å². The zero-order valence-electron chi connectivity index (χ0n) is 6.50. The lowest BCUT2D eigenvalue weighted by Crippen LogP contribution is -1.91. The van der Waals surface area contributed by atoms with Crippen LogP contribution in [0.4, 0.5) is 5.69 Å². The summed E-state index contributed by atoms with van der Waals surface area (Å²) in [6.45, 7) is 3.48. The highest BCUT2D eigenvalue weighted by molar-refractivity contribution is 5.55. The Kier molecular flexibility index (Phi) is 2.55. The zero-order chi connectivity index (χ0) is 8.10. The SMILES string of the molecule is C=COc1ccccc1NC. The van der Waals surface area contributed by atoms with E-state index in [-0.39, 0.29) is 0 Å². The summed E-state index contributed by atoms with van der Waals surface area (Å²) in [5, 5.41) is 3.01. The third kappa shape index (κ3) is 1.74. The fourth-order valence-electron chi connectivity index (χ4n) is 0.866. The molecule has 0 heterocycles. The molecule has 0 amide bonds. The number of nitrogens with one attached hydrogen (secondary N) is 1. The number of anilines is 1. The summed E-state index contributed by atoms with van der Waals surface area (Å²) in [6, 6.07) is 7.69. The smallest absolute Gasteiger partial charge is 0.149 e. The molecule has 0 aliphatic carbocycles. The highest BCUT2D eigenvalue weighted by Gasteiger charge is 1.96. The lowest BCUT2D eigenvalue weighted by molar-refractivity contribution is 0.485. The minimum atomic E-state index is 0.796. The Morgan fingerprint density at radius 1 is 1.45 bits per heavy atom. The Hall–Kier alpha value is -1.44. The molecule has 1 rings (SSSR count). The van der Waals surface area contributed by atoms with Crippen LogP contribution >= 0.6 is 0 Å². The number of para-hydroxylation sites is 2. The van der Waals surface area contributed by atoms with Gasteiger partial charge in [-0.1, -0.05) is 18.7 Å². The molecular weight excluding hydrogens is 138 g/mol. The molecule has 0 atom stereocenters. The first-order chi connectivity index (χ1) is 5.38. The second kappa shape index (κ2) is 3.66. The van der Waals surface area contributed by atoms with E-state index < -0.39 is 0 Å². The molecule has 1 N–H and O–H groups in total. The van der Waals surface area contributed by atoms with E-state index in [1.807, 2.05) is 31.3 Å². The fourth-order valence-corrected chi connectivity index (χ4v) is 0.866. The van der Waals surface area contributed by atoms with Crippen LogP contribution in [0.2, 0.25) is 0 Å². The van der Waals surface area contributed by atoms with Gasteiger partial charge in [0.15, 0.2) is 0 Å². The lowest BCUT2D eigenvalue weighted by atomic mass is 10.3. The van der Waals surface area contributed by atoms with Crippen LogP contribution in [0, 0.1) is 0 Å². The zero-order valence-corrected chi connectivity index (χ0v) is 6.50. The van der Waals surface area contributed by atoms with Gasteiger partial charge >= 0.3 is 0 Å². The molecule has 2 nitrogen and oxygen atoms in total. The molecular formula is C9H11NO. The minimum Gasteiger partial charge on any atom is -0.463 e. The first-order valence-electron chi connectivity index (χ1n) is 3.43. The van der Waals surface area contributed by atoms with Gasteiger partial charge in [0.1, 0.15) is 5.75 Å². The maximum atomic E-state index is 5.13. The van der Waals surface area contributed by atoms with Crippen molar-refractivity contribution in [3.8, 4) is 5.75 Å². The average molecular weight is 149 g/mol. The van der Waals surface area contributed by atoms with E-state index >= 15 is 0 Å². The van der Waals surface area contributed by atoms with Gasteiger partial charge in [0.05, 0.1) is 11.9 Å². The topological polar surface area (TPSA) is 21.3 Å². The van der Waals surface area contributed by atoms with E-state index in [9.17, 15) is 0 Å². The van der Waals surface area contributed by atoms with Gasteiger partial charge in [-0.05, 0) is 12.1 Å². The van der Waals surface area contributed by atoms with Crippen molar-refractivity contribution in [1.82, 2.24) is 0 Å². The maximum Gasteiger partial charge on any atom is 0.149 e. The fraction of sp³-hybridized carbons (Fsp3) is 0.111. The third-order valence-electron chi connectivity index (χ3n) is 1.37. The van der Waals surface area contributed by atoms with Gasteiger partial charge in [0.2, 0.25) is 0 Å². The second-order valence-electron chi connectivity index (χ2n) is 2.03. The predicted octanol–water partition coefficient (Wildman–Crippen LogP) is 2.25. The van der Waals surface area contributed by atoms with E-state index in [0.29, 0.717) is 0 Å². The number of rotatable bonds is 3. The second-order valence-corrected chi connectivity index (χ2v) is 2.03. The molecule has 0 saturated heterocycles. The van der Waals surface area contributed by atoms with Crippen LogP contribution < -0.4 is 10.1 Å². The molecule has 0 spiro atoms. The summed E-state index contributed by atoms with van der Waals surface area (Å²) < 4.78 is 5.13. The number of ether oxygens (including phenoxy) is 1. The highest BCUT2D eigenvalue weighted by Crippen LogP contribution is 2.22. The van der Waals surface area contributed by atoms with Crippen LogP contribution in [0.1, 0.15) is 0 Å². The Morgan fingerprint density at radius 2 is 2.18 bits per heavy atom. The van der Waals surface area contributed by atoms with Crippen LogP contribution in [-0.4, -0.2) is 7.05 Å². The standard InChI is InChI=1S/C9H11NO/c1-3-11-9-7-5-4-6-8(9)10-2/h3-7,10H,1H2,2H3. The van der Waals surface area contributed by atoms with Crippen molar-refractivity contribution in [1.29, 1.82) is 0 Å². The summed E-state index contributed by atoms with van der Waals surface area (Å²) in [5.74, 6) is 0.796. The van der Waals surface area contributed by atoms with Crippen molar-refractivity contribution in [2.45, 2.75) is 0 Å². The molecule has 58 valence electrons. The highest BCUT2D eigenvalue weighted by atomic mass is 16.5. The maximum absolute atomic E-state index is 5.13. The van der Waals surface area contributed by atoms with Gasteiger partial charge in [-0.15, -0.1) is 0 Å². The van der Waals surface area contributed by atoms with Gasteiger partial charge in [0.25, 0.3) is 0 Å². The molecule has 0 aromatic heterocycles. The van der Waals surface area contributed by atoms with E-state index in [0.717, 1.165) is 11.4 Å². The first-order valence-corrected chi connectivity index (χ1v) is 3.43. The summed E-state index contributed by atoms with van der Waals surface area (Å²) >= 11 is 0. The molecule has 0 saturated carbocycles. The van der Waals surface area contributed by atoms with E-state index in [2.05, 4.69) is 11.9 Å². The number of benzene rings is 1. The van der Waals surface area contributed by atoms with Crippen molar-refractivity contribution < 1.29 is 4.74 Å². The van der Waals surface area contributed by atoms with Crippen LogP contribution in [0.5, 0.6) is 5.75 Å². The number of hydrogen-bond acceptors (Lipinski definition) is 2. The van der Waals surface area contributed by atoms with Crippen molar-refractivity contribution in [3.63, 3.8) is 0 Å². The minimum absolute atomic E-state index is 0.796. The monoisotopic (exact) mass is 149 g/mol. The average Bonchev–Trinajstić information content (AvgIpc) is 2.06. The lowest BCUT2D eigenvalue weighted by Gasteiger charge is -2.05. The Balaban J connectivity index is 2.92. The molecule has 2 heteroatoms. The molecule has 0 aliphatic heterocycles. The normalized spacial score (nSPS) is 8.82. The van der Waals surface area contributed by atoms with Crippen molar-refractivity contribution in [2.24, 2.45) is 0 Å². The summed E-state index contributed by atoms with van der Waals surface area (Å²) in [5.41, 5.74) is 0.965. The van der Waals surface area contributed by atoms with Crippen molar-refractivity contribution in [3.05, 3.63) is 37.1 Å². The Morgan fingerprint density at radius 3 is 2.82 bits per heavy atom. The molecule has 0 unspecified atom stereocenters.